The van der Waals surface area contributed by atoms with Gasteiger partial charge in [0.05, 0.1) is 0 Å². The fourth-order valence-electron chi connectivity index (χ4n) is 1.64. The van der Waals surface area contributed by atoms with E-state index >= 15 is 0 Å². The molecule has 0 saturated heterocycles. The third-order valence-electron chi connectivity index (χ3n) is 2.53. The van der Waals surface area contributed by atoms with Crippen LogP contribution in [0.5, 0.6) is 0 Å². The first-order chi connectivity index (χ1) is 8.37. The number of rotatable bonds is 3. The van der Waals surface area contributed by atoms with Crippen molar-refractivity contribution in [2.45, 2.75) is 39.8 Å². The highest BCUT2D eigenvalue weighted by Crippen LogP contribution is 2.16. The van der Waals surface area contributed by atoms with E-state index in [-0.39, 0.29) is 11.6 Å². The molecule has 2 amide bonds. The summed E-state index contributed by atoms with van der Waals surface area (Å²) in [5.74, 6) is 0. The zero-order valence-electron chi connectivity index (χ0n) is 11.7. The molecule has 0 atom stereocenters. The molecule has 0 heterocycles. The third-order valence-corrected chi connectivity index (χ3v) is 2.53. The lowest BCUT2D eigenvalue weighted by Crippen LogP contribution is -2.48. The summed E-state index contributed by atoms with van der Waals surface area (Å²) >= 11 is 0. The second-order valence-corrected chi connectivity index (χ2v) is 5.29. The lowest BCUT2D eigenvalue weighted by molar-refractivity contribution is 0.238. The first kappa shape index (κ1) is 14.5. The Labute approximate surface area is 109 Å². The Balaban J connectivity index is 2.85. The lowest BCUT2D eigenvalue weighted by atomic mass is 10.1. The van der Waals surface area contributed by atoms with Crippen molar-refractivity contribution in [3.05, 3.63) is 29.8 Å². The van der Waals surface area contributed by atoms with Crippen molar-refractivity contribution in [1.82, 2.24) is 5.32 Å². The summed E-state index contributed by atoms with van der Waals surface area (Å²) in [6, 6.07) is 7.66. The molecule has 0 fully saturated rings. The van der Waals surface area contributed by atoms with Gasteiger partial charge in [-0.3, -0.25) is 4.90 Å². The zero-order valence-corrected chi connectivity index (χ0v) is 11.7. The largest absolute Gasteiger partial charge is 0.333 e. The second-order valence-electron chi connectivity index (χ2n) is 5.29. The maximum absolute atomic E-state index is 12.1. The molecule has 0 aliphatic rings. The van der Waals surface area contributed by atoms with Gasteiger partial charge in [0.15, 0.2) is 0 Å². The summed E-state index contributed by atoms with van der Waals surface area (Å²) in [6.45, 7) is 9.01. The molecule has 0 radical (unpaired) electrons. The monoisotopic (exact) mass is 249 g/mol. The van der Waals surface area contributed by atoms with E-state index in [1.807, 2.05) is 52.0 Å². The van der Waals surface area contributed by atoms with Crippen molar-refractivity contribution < 1.29 is 4.79 Å². The second kappa shape index (κ2) is 5.87. The van der Waals surface area contributed by atoms with E-state index in [1.54, 1.807) is 4.90 Å². The highest BCUT2D eigenvalue weighted by atomic mass is 16.2. The normalized spacial score (nSPS) is 11.2. The van der Waals surface area contributed by atoms with Crippen LogP contribution in [0, 0.1) is 0 Å². The summed E-state index contributed by atoms with van der Waals surface area (Å²) in [7, 11) is 0. The Morgan fingerprint density at radius 1 is 1.28 bits per heavy atom. The quantitative estimate of drug-likeness (QED) is 0.864. The predicted octanol–water partition coefficient (Wildman–Crippen LogP) is 2.48. The number of hydrogen-bond acceptors (Lipinski definition) is 2. The average Bonchev–Trinajstić information content (AvgIpc) is 2.28. The number of anilines is 1. The maximum atomic E-state index is 12.1. The molecule has 0 unspecified atom stereocenters. The smallest absolute Gasteiger partial charge is 0.322 e. The van der Waals surface area contributed by atoms with Gasteiger partial charge in [0, 0.05) is 24.3 Å². The van der Waals surface area contributed by atoms with Crippen LogP contribution >= 0.6 is 0 Å². The van der Waals surface area contributed by atoms with Crippen molar-refractivity contribution in [2.75, 3.05) is 11.4 Å². The lowest BCUT2D eigenvalue weighted by Gasteiger charge is -2.27. The zero-order chi connectivity index (χ0) is 13.8. The molecular weight excluding hydrogens is 226 g/mol. The average molecular weight is 249 g/mol. The minimum absolute atomic E-state index is 0.0782. The van der Waals surface area contributed by atoms with Crippen LogP contribution in [0.2, 0.25) is 0 Å². The Hall–Kier alpha value is -1.55. The predicted molar refractivity (Wildman–Crippen MR) is 75.6 cm³/mol. The standard InChI is InChI=1S/C14H23N3O/c1-5-17(13(18)16-14(2,3)4)12-8-6-11(10-15)7-9-12/h6-9H,5,10,15H2,1-4H3,(H,16,18). The Morgan fingerprint density at radius 3 is 2.22 bits per heavy atom. The van der Waals surface area contributed by atoms with E-state index in [4.69, 9.17) is 5.73 Å². The summed E-state index contributed by atoms with van der Waals surface area (Å²) in [5.41, 5.74) is 7.27. The third kappa shape index (κ3) is 4.04. The molecule has 1 aromatic rings. The maximum Gasteiger partial charge on any atom is 0.322 e. The van der Waals surface area contributed by atoms with Crippen molar-refractivity contribution in [2.24, 2.45) is 5.73 Å². The van der Waals surface area contributed by atoms with Crippen LogP contribution in [0.15, 0.2) is 24.3 Å². The van der Waals surface area contributed by atoms with Crippen LogP contribution in [0.3, 0.4) is 0 Å². The number of carbonyl (C=O) groups is 1. The molecule has 4 nitrogen and oxygen atoms in total. The van der Waals surface area contributed by atoms with Gasteiger partial charge >= 0.3 is 6.03 Å². The highest BCUT2D eigenvalue weighted by molar-refractivity contribution is 5.92. The molecule has 0 aromatic heterocycles. The molecule has 0 saturated carbocycles. The van der Waals surface area contributed by atoms with E-state index < -0.39 is 0 Å². The van der Waals surface area contributed by atoms with Gasteiger partial charge in [-0.25, -0.2) is 4.79 Å². The summed E-state index contributed by atoms with van der Waals surface area (Å²) in [4.78, 5) is 13.8. The number of nitrogens with two attached hydrogens (primary N) is 1. The number of nitrogens with one attached hydrogen (secondary N) is 1. The van der Waals surface area contributed by atoms with Crippen molar-refractivity contribution in [3.63, 3.8) is 0 Å². The molecule has 0 bridgehead atoms. The highest BCUT2D eigenvalue weighted by Gasteiger charge is 2.19. The van der Waals surface area contributed by atoms with Gasteiger partial charge in [-0.05, 0) is 45.4 Å². The SMILES string of the molecule is CCN(C(=O)NC(C)(C)C)c1ccc(CN)cc1. The van der Waals surface area contributed by atoms with E-state index in [1.165, 1.54) is 0 Å². The minimum Gasteiger partial charge on any atom is -0.333 e. The van der Waals surface area contributed by atoms with Gasteiger partial charge in [0.1, 0.15) is 0 Å². The molecule has 1 aromatic carbocycles. The van der Waals surface area contributed by atoms with Crippen LogP contribution in [0.4, 0.5) is 10.5 Å². The van der Waals surface area contributed by atoms with Gasteiger partial charge in [-0.2, -0.15) is 0 Å². The Bertz CT molecular complexity index is 392. The van der Waals surface area contributed by atoms with Crippen molar-refractivity contribution >= 4 is 11.7 Å². The number of hydrogen-bond donors (Lipinski definition) is 2. The number of urea groups is 1. The van der Waals surface area contributed by atoms with Crippen LogP contribution in [0.1, 0.15) is 33.3 Å². The van der Waals surface area contributed by atoms with Gasteiger partial charge in [-0.1, -0.05) is 12.1 Å². The Morgan fingerprint density at radius 2 is 1.83 bits per heavy atom. The number of carbonyl (C=O) groups excluding carboxylic acids is 1. The summed E-state index contributed by atoms with van der Waals surface area (Å²) < 4.78 is 0. The van der Waals surface area contributed by atoms with Crippen LogP contribution in [-0.2, 0) is 6.54 Å². The Kier molecular flexibility index (Phi) is 4.73. The van der Waals surface area contributed by atoms with Gasteiger partial charge < -0.3 is 11.1 Å². The van der Waals surface area contributed by atoms with E-state index in [9.17, 15) is 4.79 Å². The first-order valence-corrected chi connectivity index (χ1v) is 6.26. The molecule has 1 rings (SSSR count). The fraction of sp³-hybridized carbons (Fsp3) is 0.500. The van der Waals surface area contributed by atoms with Crippen LogP contribution in [-0.4, -0.2) is 18.1 Å². The van der Waals surface area contributed by atoms with E-state index in [2.05, 4.69) is 5.32 Å². The number of benzene rings is 1. The van der Waals surface area contributed by atoms with Gasteiger partial charge in [0.2, 0.25) is 0 Å². The van der Waals surface area contributed by atoms with Crippen LogP contribution < -0.4 is 16.0 Å². The fourth-order valence-corrected chi connectivity index (χ4v) is 1.64. The van der Waals surface area contributed by atoms with E-state index in [0.29, 0.717) is 13.1 Å². The summed E-state index contributed by atoms with van der Waals surface area (Å²) in [6.07, 6.45) is 0. The summed E-state index contributed by atoms with van der Waals surface area (Å²) in [5, 5.41) is 2.96. The van der Waals surface area contributed by atoms with Crippen molar-refractivity contribution in [1.29, 1.82) is 0 Å². The molecule has 100 valence electrons. The van der Waals surface area contributed by atoms with Crippen molar-refractivity contribution in [3.8, 4) is 0 Å². The minimum atomic E-state index is -0.234. The first-order valence-electron chi connectivity index (χ1n) is 6.26. The number of amides is 2. The molecule has 3 N–H and O–H groups in total. The molecule has 0 spiro atoms. The molecule has 4 heteroatoms. The number of nitrogens with zero attached hydrogens (tertiary/aromatic N) is 1. The molecular formula is C14H23N3O. The van der Waals surface area contributed by atoms with Gasteiger partial charge in [-0.15, -0.1) is 0 Å². The van der Waals surface area contributed by atoms with Gasteiger partial charge in [0.25, 0.3) is 0 Å². The molecule has 0 aliphatic heterocycles. The van der Waals surface area contributed by atoms with E-state index in [0.717, 1.165) is 11.3 Å². The topological polar surface area (TPSA) is 58.4 Å². The van der Waals surface area contributed by atoms with Crippen LogP contribution in [0.25, 0.3) is 0 Å². The molecule has 18 heavy (non-hydrogen) atoms. The molecule has 0 aliphatic carbocycles.